The van der Waals surface area contributed by atoms with E-state index in [-0.39, 0.29) is 28.9 Å². The van der Waals surface area contributed by atoms with E-state index in [1.165, 1.54) is 6.07 Å². The maximum Gasteiger partial charge on any atom is 0.336 e. The molecular formula is C24H24ClNO3. The first-order chi connectivity index (χ1) is 13.7. The van der Waals surface area contributed by atoms with Gasteiger partial charge in [0.05, 0.1) is 5.56 Å². The second kappa shape index (κ2) is 8.26. The molecule has 0 atom stereocenters. The van der Waals surface area contributed by atoms with Gasteiger partial charge < -0.3 is 10.4 Å². The number of nitrogens with one attached hydrogen (secondary N) is 1. The average Bonchev–Trinajstić information content (AvgIpc) is 2.67. The fourth-order valence-electron chi connectivity index (χ4n) is 3.61. The number of halogens is 1. The smallest absolute Gasteiger partial charge is 0.336 e. The van der Waals surface area contributed by atoms with Crippen LogP contribution >= 0.6 is 11.6 Å². The molecule has 0 unspecified atom stereocenters. The lowest BCUT2D eigenvalue weighted by Gasteiger charge is -2.21. The van der Waals surface area contributed by atoms with Crippen LogP contribution in [0.15, 0.2) is 48.5 Å². The van der Waals surface area contributed by atoms with Crippen LogP contribution in [0.5, 0.6) is 0 Å². The number of fused-ring (bicyclic) bond motifs is 1. The lowest BCUT2D eigenvalue weighted by atomic mass is 9.92. The number of carboxylic acids is 1. The highest BCUT2D eigenvalue weighted by atomic mass is 35.5. The van der Waals surface area contributed by atoms with Crippen LogP contribution in [0.3, 0.4) is 0 Å². The van der Waals surface area contributed by atoms with Crippen molar-refractivity contribution in [2.24, 2.45) is 0 Å². The molecule has 1 amide bonds. The summed E-state index contributed by atoms with van der Waals surface area (Å²) in [5.74, 6) is -1.01. The first kappa shape index (κ1) is 20.9. The molecule has 0 aromatic heterocycles. The number of hydrogen-bond donors (Lipinski definition) is 2. The van der Waals surface area contributed by atoms with Crippen LogP contribution in [0.1, 0.15) is 71.4 Å². The molecule has 5 heteroatoms. The number of carbonyl (C=O) groups excluding carboxylic acids is 1. The summed E-state index contributed by atoms with van der Waals surface area (Å²) >= 11 is 6.28. The third-order valence-corrected chi connectivity index (χ3v) is 5.40. The fraction of sp³-hybridized carbons (Fsp3) is 0.250. The molecular weight excluding hydrogens is 386 g/mol. The third kappa shape index (κ3) is 3.99. The highest BCUT2D eigenvalue weighted by Gasteiger charge is 2.21. The van der Waals surface area contributed by atoms with Gasteiger partial charge >= 0.3 is 5.97 Å². The van der Waals surface area contributed by atoms with Gasteiger partial charge in [-0.15, -0.1) is 0 Å². The highest BCUT2D eigenvalue weighted by molar-refractivity contribution is 6.37. The van der Waals surface area contributed by atoms with Gasteiger partial charge in [0.1, 0.15) is 0 Å². The number of hydrogen-bond acceptors (Lipinski definition) is 2. The van der Waals surface area contributed by atoms with Gasteiger partial charge in [0.25, 0.3) is 5.91 Å². The Bertz CT molecular complexity index is 1080. The van der Waals surface area contributed by atoms with Crippen LogP contribution in [0.4, 0.5) is 5.69 Å². The predicted octanol–water partition coefficient (Wildman–Crippen LogP) is 6.69. The normalized spacial score (nSPS) is 11.3. The molecule has 3 aromatic rings. The van der Waals surface area contributed by atoms with E-state index in [1.54, 1.807) is 24.3 Å². The Morgan fingerprint density at radius 2 is 1.45 bits per heavy atom. The van der Waals surface area contributed by atoms with E-state index in [0.29, 0.717) is 15.8 Å². The molecule has 3 rings (SSSR count). The van der Waals surface area contributed by atoms with Gasteiger partial charge in [-0.1, -0.05) is 69.6 Å². The van der Waals surface area contributed by atoms with Gasteiger partial charge in [0.15, 0.2) is 0 Å². The van der Waals surface area contributed by atoms with E-state index in [4.69, 9.17) is 11.6 Å². The Labute approximate surface area is 175 Å². The van der Waals surface area contributed by atoms with Crippen LogP contribution in [0.25, 0.3) is 10.8 Å². The van der Waals surface area contributed by atoms with E-state index in [9.17, 15) is 14.7 Å². The van der Waals surface area contributed by atoms with Crippen LogP contribution < -0.4 is 5.32 Å². The maximum absolute atomic E-state index is 13.3. The predicted molar refractivity (Wildman–Crippen MR) is 118 cm³/mol. The first-order valence-electron chi connectivity index (χ1n) is 9.61. The zero-order valence-corrected chi connectivity index (χ0v) is 17.7. The lowest BCUT2D eigenvalue weighted by molar-refractivity contribution is 0.0699. The highest BCUT2D eigenvalue weighted by Crippen LogP contribution is 2.34. The minimum atomic E-state index is -1.10. The van der Waals surface area contributed by atoms with E-state index < -0.39 is 5.97 Å². The number of anilines is 1. The largest absolute Gasteiger partial charge is 0.478 e. The summed E-state index contributed by atoms with van der Waals surface area (Å²) in [5, 5.41) is 14.0. The molecule has 0 heterocycles. The fourth-order valence-corrected chi connectivity index (χ4v) is 3.84. The van der Waals surface area contributed by atoms with E-state index in [2.05, 4.69) is 33.0 Å². The summed E-state index contributed by atoms with van der Waals surface area (Å²) in [7, 11) is 0. The zero-order chi connectivity index (χ0) is 21.3. The SMILES string of the molecule is CC(C)c1cccc(C(C)C)c1NC(=O)c1ccc(Cl)c2cccc(C(=O)O)c12. The summed E-state index contributed by atoms with van der Waals surface area (Å²) in [6, 6.07) is 14.1. The Hall–Kier alpha value is -2.85. The maximum atomic E-state index is 13.3. The van der Waals surface area contributed by atoms with Crippen LogP contribution in [-0.4, -0.2) is 17.0 Å². The quantitative estimate of drug-likeness (QED) is 0.493. The second-order valence-electron chi connectivity index (χ2n) is 7.70. The first-order valence-corrected chi connectivity index (χ1v) is 9.98. The van der Waals surface area contributed by atoms with Crippen molar-refractivity contribution in [3.05, 3.63) is 75.8 Å². The number of carboxylic acid groups (broad SMARTS) is 1. The molecule has 0 fully saturated rings. The molecule has 150 valence electrons. The summed E-state index contributed by atoms with van der Waals surface area (Å²) in [5.41, 5.74) is 3.22. The molecule has 0 saturated heterocycles. The zero-order valence-electron chi connectivity index (χ0n) is 16.9. The molecule has 0 bridgehead atoms. The number of para-hydroxylation sites is 1. The Kier molecular flexibility index (Phi) is 5.94. The second-order valence-corrected chi connectivity index (χ2v) is 8.11. The standard InChI is InChI=1S/C24H24ClNO3/c1-13(2)15-7-5-8-16(14(3)4)22(15)26-23(27)18-11-12-20(25)17-9-6-10-19(21(17)18)24(28)29/h5-14H,1-4H3,(H,26,27)(H,28,29). The number of aromatic carboxylic acids is 1. The molecule has 0 radical (unpaired) electrons. The Balaban J connectivity index is 2.18. The van der Waals surface area contributed by atoms with Gasteiger partial charge in [-0.2, -0.15) is 0 Å². The molecule has 3 aromatic carbocycles. The summed E-state index contributed by atoms with van der Waals surface area (Å²) in [6.45, 7) is 8.31. The number of benzene rings is 3. The van der Waals surface area contributed by atoms with Crippen molar-refractivity contribution >= 4 is 39.9 Å². The Morgan fingerprint density at radius 3 is 2.00 bits per heavy atom. The van der Waals surface area contributed by atoms with Crippen molar-refractivity contribution in [2.45, 2.75) is 39.5 Å². The van der Waals surface area contributed by atoms with Crippen molar-refractivity contribution in [1.82, 2.24) is 0 Å². The van der Waals surface area contributed by atoms with Crippen LogP contribution in [-0.2, 0) is 0 Å². The van der Waals surface area contributed by atoms with Gasteiger partial charge in [0, 0.05) is 27.0 Å². The van der Waals surface area contributed by atoms with Crippen molar-refractivity contribution in [3.63, 3.8) is 0 Å². The van der Waals surface area contributed by atoms with Crippen LogP contribution in [0, 0.1) is 0 Å². The molecule has 0 aliphatic rings. The molecule has 0 aliphatic heterocycles. The van der Waals surface area contributed by atoms with Gasteiger partial charge in [-0.3, -0.25) is 4.79 Å². The number of amides is 1. The van der Waals surface area contributed by atoms with E-state index in [1.807, 2.05) is 18.2 Å². The summed E-state index contributed by atoms with van der Waals surface area (Å²) in [6.07, 6.45) is 0. The minimum absolute atomic E-state index is 0.0522. The van der Waals surface area contributed by atoms with E-state index >= 15 is 0 Å². The molecule has 2 N–H and O–H groups in total. The molecule has 29 heavy (non-hydrogen) atoms. The van der Waals surface area contributed by atoms with E-state index in [0.717, 1.165) is 16.8 Å². The van der Waals surface area contributed by atoms with Crippen LogP contribution in [0.2, 0.25) is 5.02 Å². The molecule has 0 saturated carbocycles. The minimum Gasteiger partial charge on any atom is -0.478 e. The van der Waals surface area contributed by atoms with Crippen molar-refractivity contribution in [3.8, 4) is 0 Å². The third-order valence-electron chi connectivity index (χ3n) is 5.07. The summed E-state index contributed by atoms with van der Waals surface area (Å²) < 4.78 is 0. The molecule has 0 spiro atoms. The number of carbonyl (C=O) groups is 2. The van der Waals surface area contributed by atoms with Gasteiger partial charge in [-0.25, -0.2) is 4.79 Å². The van der Waals surface area contributed by atoms with Crippen molar-refractivity contribution < 1.29 is 14.7 Å². The molecule has 0 aliphatic carbocycles. The van der Waals surface area contributed by atoms with Crippen molar-refractivity contribution in [1.29, 1.82) is 0 Å². The monoisotopic (exact) mass is 409 g/mol. The average molecular weight is 410 g/mol. The molecule has 4 nitrogen and oxygen atoms in total. The van der Waals surface area contributed by atoms with Gasteiger partial charge in [0.2, 0.25) is 0 Å². The van der Waals surface area contributed by atoms with Crippen molar-refractivity contribution in [2.75, 3.05) is 5.32 Å². The lowest BCUT2D eigenvalue weighted by Crippen LogP contribution is -2.17. The topological polar surface area (TPSA) is 66.4 Å². The number of rotatable bonds is 5. The Morgan fingerprint density at radius 1 is 0.862 bits per heavy atom. The van der Waals surface area contributed by atoms with Gasteiger partial charge in [-0.05, 0) is 41.2 Å². The summed E-state index contributed by atoms with van der Waals surface area (Å²) in [4.78, 5) is 25.1.